The first kappa shape index (κ1) is 28.7. The lowest BCUT2D eigenvalue weighted by molar-refractivity contribution is -0.150. The molecule has 3 atom stereocenters. The summed E-state index contributed by atoms with van der Waals surface area (Å²) in [5, 5.41) is 8.65. The summed E-state index contributed by atoms with van der Waals surface area (Å²) in [5.41, 5.74) is 1.07. The first-order valence-corrected chi connectivity index (χ1v) is 12.9. The average Bonchev–Trinajstić information content (AvgIpc) is 3.63. The van der Waals surface area contributed by atoms with Gasteiger partial charge in [0, 0.05) is 27.0 Å². The Balaban J connectivity index is 1.45. The number of urea groups is 1. The summed E-state index contributed by atoms with van der Waals surface area (Å²) in [6, 6.07) is 0.0891. The van der Waals surface area contributed by atoms with Gasteiger partial charge in [-0.05, 0) is 36.5 Å². The number of hydrogen-bond donors (Lipinski definition) is 2. The number of carbonyl (C=O) groups excluding carboxylic acids is 2. The van der Waals surface area contributed by atoms with Crippen LogP contribution in [0.3, 0.4) is 0 Å². The Labute approximate surface area is 230 Å². The highest BCUT2D eigenvalue weighted by Gasteiger charge is 2.48. The van der Waals surface area contributed by atoms with Gasteiger partial charge in [0.25, 0.3) is 5.91 Å². The van der Waals surface area contributed by atoms with E-state index in [9.17, 15) is 31.5 Å². The van der Waals surface area contributed by atoms with E-state index in [2.05, 4.69) is 20.4 Å². The van der Waals surface area contributed by atoms with Crippen molar-refractivity contribution in [3.05, 3.63) is 41.8 Å². The maximum atomic E-state index is 13.9. The standard InChI is InChI=1S/C25H28F5N7O4/c1-36-20(31-12-32-36)21(38)35-19(13-5-7-24(26,27)8-6-13)22-33-15-9-14(3-4-17(15)41-22)16(11-40-2)37-10-18(25(28,29)30)34-23(37)39/h3-4,9,12-13,16,18-19H,5-8,10-11H2,1-2H3,(H,34,39)(H,35,38). The number of oxazole rings is 1. The van der Waals surface area contributed by atoms with Crippen molar-refractivity contribution in [3.8, 4) is 0 Å². The van der Waals surface area contributed by atoms with E-state index >= 15 is 0 Å². The number of nitrogens with zero attached hydrogens (tertiary/aromatic N) is 5. The third-order valence-corrected chi connectivity index (χ3v) is 7.55. The van der Waals surface area contributed by atoms with Gasteiger partial charge >= 0.3 is 12.2 Å². The molecule has 3 unspecified atom stereocenters. The van der Waals surface area contributed by atoms with Gasteiger partial charge in [-0.3, -0.25) is 4.79 Å². The van der Waals surface area contributed by atoms with Crippen molar-refractivity contribution in [2.24, 2.45) is 13.0 Å². The van der Waals surface area contributed by atoms with Crippen LogP contribution < -0.4 is 10.6 Å². The number of carbonyl (C=O) groups is 2. The van der Waals surface area contributed by atoms with Crippen molar-refractivity contribution in [2.75, 3.05) is 20.3 Å². The predicted molar refractivity (Wildman–Crippen MR) is 132 cm³/mol. The van der Waals surface area contributed by atoms with E-state index in [1.165, 1.54) is 25.2 Å². The number of benzene rings is 1. The van der Waals surface area contributed by atoms with E-state index in [-0.39, 0.29) is 44.0 Å². The molecule has 1 saturated heterocycles. The normalized spacial score (nSPS) is 21.2. The summed E-state index contributed by atoms with van der Waals surface area (Å²) in [6.07, 6.45) is -3.88. The third kappa shape index (κ3) is 5.96. The van der Waals surface area contributed by atoms with E-state index in [1.54, 1.807) is 18.2 Å². The molecule has 5 rings (SSSR count). The maximum Gasteiger partial charge on any atom is 0.410 e. The zero-order chi connectivity index (χ0) is 29.5. The fourth-order valence-corrected chi connectivity index (χ4v) is 5.32. The van der Waals surface area contributed by atoms with Crippen LogP contribution in [-0.4, -0.2) is 75.0 Å². The number of nitrogens with one attached hydrogen (secondary N) is 2. The summed E-state index contributed by atoms with van der Waals surface area (Å²) in [4.78, 5) is 35.0. The van der Waals surface area contributed by atoms with Gasteiger partial charge < -0.3 is 24.7 Å². The average molecular weight is 586 g/mol. The van der Waals surface area contributed by atoms with E-state index in [0.717, 1.165) is 4.90 Å². The second-order valence-electron chi connectivity index (χ2n) is 10.3. The molecule has 3 heterocycles. The molecule has 3 aromatic rings. The topological polar surface area (TPSA) is 127 Å². The molecule has 1 aromatic carbocycles. The number of aromatic nitrogens is 4. The van der Waals surface area contributed by atoms with Crippen molar-refractivity contribution in [1.29, 1.82) is 0 Å². The van der Waals surface area contributed by atoms with Gasteiger partial charge in [-0.15, -0.1) is 0 Å². The highest BCUT2D eigenvalue weighted by Crippen LogP contribution is 2.42. The molecule has 3 amide bonds. The van der Waals surface area contributed by atoms with Crippen LogP contribution in [0.25, 0.3) is 11.1 Å². The van der Waals surface area contributed by atoms with Gasteiger partial charge in [0.05, 0.1) is 19.2 Å². The Morgan fingerprint density at radius 1 is 1.29 bits per heavy atom. The molecule has 11 nitrogen and oxygen atoms in total. The van der Waals surface area contributed by atoms with Gasteiger partial charge in [0.2, 0.25) is 17.6 Å². The highest BCUT2D eigenvalue weighted by atomic mass is 19.4. The summed E-state index contributed by atoms with van der Waals surface area (Å²) in [6.45, 7) is -0.679. The first-order valence-electron chi connectivity index (χ1n) is 12.9. The van der Waals surface area contributed by atoms with Crippen LogP contribution in [0.2, 0.25) is 0 Å². The predicted octanol–water partition coefficient (Wildman–Crippen LogP) is 3.90. The van der Waals surface area contributed by atoms with Crippen LogP contribution in [0.1, 0.15) is 59.8 Å². The molecule has 16 heteroatoms. The van der Waals surface area contributed by atoms with Crippen LogP contribution in [0.15, 0.2) is 28.9 Å². The number of aryl methyl sites for hydroxylation is 1. The molecule has 1 aliphatic heterocycles. The molecular weight excluding hydrogens is 557 g/mol. The second-order valence-corrected chi connectivity index (χ2v) is 10.3. The van der Waals surface area contributed by atoms with Gasteiger partial charge in [-0.25, -0.2) is 28.2 Å². The van der Waals surface area contributed by atoms with Crippen molar-refractivity contribution in [2.45, 2.75) is 55.9 Å². The number of methoxy groups -OCH3 is 1. The zero-order valence-electron chi connectivity index (χ0n) is 22.1. The summed E-state index contributed by atoms with van der Waals surface area (Å²) in [5.74, 6) is -3.70. The number of halogens is 5. The fourth-order valence-electron chi connectivity index (χ4n) is 5.32. The largest absolute Gasteiger partial charge is 0.438 e. The number of hydrogen-bond acceptors (Lipinski definition) is 7. The minimum Gasteiger partial charge on any atom is -0.438 e. The minimum absolute atomic E-state index is 0.0120. The fraction of sp³-hybridized carbons (Fsp3) is 0.560. The highest BCUT2D eigenvalue weighted by molar-refractivity contribution is 5.90. The van der Waals surface area contributed by atoms with Crippen molar-refractivity contribution in [1.82, 2.24) is 35.3 Å². The van der Waals surface area contributed by atoms with Crippen molar-refractivity contribution in [3.63, 3.8) is 0 Å². The SMILES string of the molecule is COCC(c1ccc2oc(C(NC(=O)c3ncnn3C)C3CCC(F)(F)CC3)nc2c1)N1CC(C(F)(F)F)NC1=O. The summed E-state index contributed by atoms with van der Waals surface area (Å²) >= 11 is 0. The van der Waals surface area contributed by atoms with E-state index in [0.29, 0.717) is 16.7 Å². The Morgan fingerprint density at radius 3 is 2.63 bits per heavy atom. The molecular formula is C25H28F5N7O4. The van der Waals surface area contributed by atoms with E-state index < -0.39 is 54.6 Å². The zero-order valence-corrected chi connectivity index (χ0v) is 22.1. The molecule has 0 spiro atoms. The van der Waals surface area contributed by atoms with E-state index in [1.807, 2.05) is 5.32 Å². The Bertz CT molecular complexity index is 1410. The van der Waals surface area contributed by atoms with Crippen LogP contribution in [-0.2, 0) is 11.8 Å². The lowest BCUT2D eigenvalue weighted by atomic mass is 9.82. The Hall–Kier alpha value is -3.82. The first-order chi connectivity index (χ1) is 19.4. The van der Waals surface area contributed by atoms with Crippen LogP contribution >= 0.6 is 0 Å². The molecule has 41 heavy (non-hydrogen) atoms. The monoisotopic (exact) mass is 585 g/mol. The number of alkyl halides is 5. The van der Waals surface area contributed by atoms with Gasteiger partial charge in [-0.2, -0.15) is 18.3 Å². The number of amides is 3. The lowest BCUT2D eigenvalue weighted by Gasteiger charge is -2.32. The van der Waals surface area contributed by atoms with Crippen molar-refractivity contribution < 1.29 is 40.7 Å². The Kier molecular flexibility index (Phi) is 7.61. The minimum atomic E-state index is -4.61. The van der Waals surface area contributed by atoms with Gasteiger partial charge in [0.1, 0.15) is 23.9 Å². The summed E-state index contributed by atoms with van der Waals surface area (Å²) < 4.78 is 80.1. The molecule has 1 saturated carbocycles. The third-order valence-electron chi connectivity index (χ3n) is 7.55. The van der Waals surface area contributed by atoms with Crippen LogP contribution in [0.5, 0.6) is 0 Å². The second kappa shape index (κ2) is 10.9. The van der Waals surface area contributed by atoms with E-state index in [4.69, 9.17) is 9.15 Å². The smallest absolute Gasteiger partial charge is 0.410 e. The molecule has 2 N–H and O–H groups in total. The molecule has 222 valence electrons. The van der Waals surface area contributed by atoms with Crippen molar-refractivity contribution >= 4 is 23.0 Å². The number of rotatable bonds is 8. The quantitative estimate of drug-likeness (QED) is 0.384. The molecule has 0 radical (unpaired) electrons. The van der Waals surface area contributed by atoms with Gasteiger partial charge in [0.15, 0.2) is 5.58 Å². The van der Waals surface area contributed by atoms with Crippen LogP contribution in [0, 0.1) is 5.92 Å². The molecule has 2 aliphatic rings. The molecule has 0 bridgehead atoms. The lowest BCUT2D eigenvalue weighted by Crippen LogP contribution is -2.40. The maximum absolute atomic E-state index is 13.9. The molecule has 2 aromatic heterocycles. The number of ether oxygens (including phenoxy) is 1. The molecule has 2 fully saturated rings. The number of fused-ring (bicyclic) bond motifs is 1. The summed E-state index contributed by atoms with van der Waals surface area (Å²) in [7, 11) is 2.90. The molecule has 1 aliphatic carbocycles. The Morgan fingerprint density at radius 2 is 2.02 bits per heavy atom. The van der Waals surface area contributed by atoms with Gasteiger partial charge in [-0.1, -0.05) is 6.07 Å². The van der Waals surface area contributed by atoms with Crippen LogP contribution in [0.4, 0.5) is 26.7 Å².